The summed E-state index contributed by atoms with van der Waals surface area (Å²) in [5.74, 6) is 2.51. The van der Waals surface area contributed by atoms with Gasteiger partial charge in [0.15, 0.2) is 11.8 Å². The second-order valence-electron chi connectivity index (χ2n) is 14.1. The highest BCUT2D eigenvalue weighted by Crippen LogP contribution is 2.61. The lowest BCUT2D eigenvalue weighted by Gasteiger charge is -2.61. The van der Waals surface area contributed by atoms with E-state index in [4.69, 9.17) is 33.2 Å². The average molecular weight is 710 g/mol. The standard InChI is InChI=1S/C36H40Cl2F2N8O/c1-20-26-14-22(36(26,2)3)15-28(20)46-35(47-13-11-43-31(19-47)32(39)40)44-24-6-7-25-29(17-24)45-33(30-18-41-9-10-42-30)48(34(25)49)12-8-21-4-5-23(37)16-27(21)38/h4-7,9-10,16-18,20,22,26,28,31-32,43H,8,11-15,19H2,1-3H3,(H,44,46)/t20-,22+,26+,28+,31-/m1/s1. The predicted molar refractivity (Wildman–Crippen MR) is 191 cm³/mol. The Hall–Kier alpha value is -3.67. The van der Waals surface area contributed by atoms with E-state index in [1.807, 2.05) is 23.1 Å². The van der Waals surface area contributed by atoms with Gasteiger partial charge in [-0.3, -0.25) is 14.3 Å². The fraction of sp³-hybridized carbons (Fsp3) is 0.472. The fourth-order valence-corrected chi connectivity index (χ4v) is 8.49. The van der Waals surface area contributed by atoms with Gasteiger partial charge in [0.05, 0.1) is 29.2 Å². The van der Waals surface area contributed by atoms with E-state index in [1.165, 1.54) is 6.42 Å². The molecule has 4 fully saturated rings. The molecule has 2 N–H and O–H groups in total. The quantitative estimate of drug-likeness (QED) is 0.161. The van der Waals surface area contributed by atoms with Gasteiger partial charge in [0.1, 0.15) is 5.69 Å². The van der Waals surface area contributed by atoms with E-state index < -0.39 is 12.5 Å². The minimum absolute atomic E-state index is 0.0855. The number of piperazine rings is 1. The van der Waals surface area contributed by atoms with Crippen LogP contribution < -0.4 is 16.2 Å². The van der Waals surface area contributed by atoms with E-state index in [1.54, 1.807) is 41.4 Å². The normalized spacial score (nSPS) is 25.0. The number of aliphatic imine (C=N–C) groups is 1. The topological polar surface area (TPSA) is 100 Å². The highest BCUT2D eigenvalue weighted by molar-refractivity contribution is 6.35. The number of hydrogen-bond acceptors (Lipinski definition) is 6. The third-order valence-electron chi connectivity index (χ3n) is 11.0. The SMILES string of the molecule is C[C@H]1[C@@H](N=C(Nc2ccc3c(=O)n(CCc4ccc(Cl)cc4Cl)c(-c4cnccn4)nc3c2)N2CCN[C@@H](C(F)F)C2)C[C@@H]2C[C@@H]1C2(C)C. The first kappa shape index (κ1) is 33.8. The number of nitrogens with zero attached hydrogens (tertiary/aromatic N) is 6. The van der Waals surface area contributed by atoms with Crippen molar-refractivity contribution >= 4 is 45.8 Å². The van der Waals surface area contributed by atoms with Gasteiger partial charge in [-0.15, -0.1) is 0 Å². The van der Waals surface area contributed by atoms with E-state index in [9.17, 15) is 13.6 Å². The summed E-state index contributed by atoms with van der Waals surface area (Å²) in [5.41, 5.74) is 2.51. The summed E-state index contributed by atoms with van der Waals surface area (Å²) in [7, 11) is 0. The molecule has 3 saturated carbocycles. The number of aromatic nitrogens is 4. The third-order valence-corrected chi connectivity index (χ3v) is 11.6. The molecule has 13 heteroatoms. The Morgan fingerprint density at radius 2 is 2.00 bits per heavy atom. The molecule has 1 aliphatic heterocycles. The number of halogens is 4. The zero-order chi connectivity index (χ0) is 34.4. The molecule has 258 valence electrons. The Kier molecular flexibility index (Phi) is 9.36. The van der Waals surface area contributed by atoms with E-state index in [0.29, 0.717) is 93.3 Å². The van der Waals surface area contributed by atoms with Gasteiger partial charge in [-0.2, -0.15) is 0 Å². The van der Waals surface area contributed by atoms with Crippen LogP contribution in [-0.4, -0.2) is 68.5 Å². The van der Waals surface area contributed by atoms with Crippen molar-refractivity contribution in [2.24, 2.45) is 28.2 Å². The second-order valence-corrected chi connectivity index (χ2v) is 15.0. The van der Waals surface area contributed by atoms with Crippen LogP contribution in [0.15, 0.2) is 64.8 Å². The van der Waals surface area contributed by atoms with Crippen LogP contribution in [0.4, 0.5) is 14.5 Å². The summed E-state index contributed by atoms with van der Waals surface area (Å²) in [4.78, 5) is 34.8. The maximum absolute atomic E-state index is 14.0. The Morgan fingerprint density at radius 1 is 1.16 bits per heavy atom. The number of benzene rings is 2. The Morgan fingerprint density at radius 3 is 2.71 bits per heavy atom. The van der Waals surface area contributed by atoms with Crippen molar-refractivity contribution in [1.29, 1.82) is 0 Å². The molecule has 2 bridgehead atoms. The first-order chi connectivity index (χ1) is 23.5. The Bertz CT molecular complexity index is 1940. The van der Waals surface area contributed by atoms with Crippen LogP contribution in [0.1, 0.15) is 39.2 Å². The maximum Gasteiger partial charge on any atom is 0.261 e. The average Bonchev–Trinajstić information content (AvgIpc) is 3.09. The number of anilines is 1. The minimum Gasteiger partial charge on any atom is -0.340 e. The Labute approximate surface area is 294 Å². The number of alkyl halides is 2. The van der Waals surface area contributed by atoms with Gasteiger partial charge >= 0.3 is 0 Å². The van der Waals surface area contributed by atoms with Gasteiger partial charge in [-0.1, -0.05) is 50.0 Å². The van der Waals surface area contributed by atoms with Crippen molar-refractivity contribution in [1.82, 2.24) is 29.7 Å². The molecule has 49 heavy (non-hydrogen) atoms. The summed E-state index contributed by atoms with van der Waals surface area (Å²) in [6.45, 7) is 8.38. The van der Waals surface area contributed by atoms with Crippen LogP contribution in [0.2, 0.25) is 10.0 Å². The molecule has 9 nitrogen and oxygen atoms in total. The largest absolute Gasteiger partial charge is 0.340 e. The van der Waals surface area contributed by atoms with E-state index in [-0.39, 0.29) is 18.1 Å². The molecular formula is C36H40Cl2F2N8O. The molecule has 3 heterocycles. The summed E-state index contributed by atoms with van der Waals surface area (Å²) in [5, 5.41) is 7.91. The predicted octanol–water partition coefficient (Wildman–Crippen LogP) is 6.78. The van der Waals surface area contributed by atoms with Crippen LogP contribution in [0.5, 0.6) is 0 Å². The van der Waals surface area contributed by atoms with Crippen LogP contribution in [0, 0.1) is 23.2 Å². The lowest BCUT2D eigenvalue weighted by Crippen LogP contribution is -2.58. The molecule has 1 saturated heterocycles. The minimum atomic E-state index is -2.49. The zero-order valence-corrected chi connectivity index (χ0v) is 29.2. The summed E-state index contributed by atoms with van der Waals surface area (Å²) >= 11 is 12.5. The van der Waals surface area contributed by atoms with Crippen molar-refractivity contribution in [3.63, 3.8) is 0 Å². The number of rotatable bonds is 7. The fourth-order valence-electron chi connectivity index (χ4n) is 7.98. The van der Waals surface area contributed by atoms with Gasteiger partial charge in [0.2, 0.25) is 0 Å². The van der Waals surface area contributed by atoms with Crippen molar-refractivity contribution in [3.05, 3.63) is 81.0 Å². The highest BCUT2D eigenvalue weighted by atomic mass is 35.5. The van der Waals surface area contributed by atoms with Crippen LogP contribution in [0.25, 0.3) is 22.4 Å². The molecule has 5 atom stereocenters. The molecule has 0 amide bonds. The smallest absolute Gasteiger partial charge is 0.261 e. The monoisotopic (exact) mass is 708 g/mol. The number of hydrogen-bond donors (Lipinski definition) is 2. The maximum atomic E-state index is 14.0. The van der Waals surface area contributed by atoms with E-state index in [0.717, 1.165) is 12.0 Å². The molecule has 8 rings (SSSR count). The van der Waals surface area contributed by atoms with E-state index >= 15 is 0 Å². The summed E-state index contributed by atoms with van der Waals surface area (Å²) in [6, 6.07) is 9.81. The molecule has 2 aromatic heterocycles. The zero-order valence-electron chi connectivity index (χ0n) is 27.7. The van der Waals surface area contributed by atoms with Crippen molar-refractivity contribution < 1.29 is 8.78 Å². The summed E-state index contributed by atoms with van der Waals surface area (Å²) < 4.78 is 29.3. The number of aryl methyl sites for hydroxylation is 1. The number of guanidine groups is 1. The first-order valence-corrected chi connectivity index (χ1v) is 17.6. The second kappa shape index (κ2) is 13.6. The van der Waals surface area contributed by atoms with Gasteiger partial charge in [-0.05, 0) is 78.3 Å². The lowest BCUT2D eigenvalue weighted by atomic mass is 9.45. The highest BCUT2D eigenvalue weighted by Gasteiger charge is 2.56. The third kappa shape index (κ3) is 6.65. The molecule has 4 aliphatic rings. The van der Waals surface area contributed by atoms with Crippen molar-refractivity contribution in [3.8, 4) is 11.5 Å². The number of fused-ring (bicyclic) bond motifs is 3. The first-order valence-electron chi connectivity index (χ1n) is 16.9. The lowest BCUT2D eigenvalue weighted by molar-refractivity contribution is -0.108. The molecule has 0 spiro atoms. The molecular weight excluding hydrogens is 669 g/mol. The van der Waals surface area contributed by atoms with Crippen LogP contribution in [-0.2, 0) is 13.0 Å². The Balaban J connectivity index is 1.24. The molecule has 3 aliphatic carbocycles. The van der Waals surface area contributed by atoms with E-state index in [2.05, 4.69) is 41.4 Å². The van der Waals surface area contributed by atoms with Gasteiger partial charge in [0.25, 0.3) is 12.0 Å². The van der Waals surface area contributed by atoms with Gasteiger partial charge < -0.3 is 15.5 Å². The molecule has 4 aromatic rings. The molecule has 0 unspecified atom stereocenters. The van der Waals surface area contributed by atoms with Gasteiger partial charge in [-0.25, -0.2) is 23.7 Å². The van der Waals surface area contributed by atoms with Crippen molar-refractivity contribution in [2.45, 2.75) is 65.1 Å². The summed E-state index contributed by atoms with van der Waals surface area (Å²) in [6.07, 6.45) is 4.88. The van der Waals surface area contributed by atoms with Crippen LogP contribution >= 0.6 is 23.2 Å². The molecule has 2 aromatic carbocycles. The van der Waals surface area contributed by atoms with Crippen molar-refractivity contribution in [2.75, 3.05) is 25.0 Å². The van der Waals surface area contributed by atoms with Gasteiger partial charge in [0, 0.05) is 54.3 Å². The van der Waals surface area contributed by atoms with Crippen LogP contribution in [0.3, 0.4) is 0 Å². The number of nitrogens with one attached hydrogen (secondary N) is 2. The molecule has 0 radical (unpaired) electrons.